The molecule has 3 aromatic rings. The number of hydrogen-bond donors (Lipinski definition) is 0. The van der Waals surface area contributed by atoms with Crippen LogP contribution < -0.4 is 14.2 Å². The van der Waals surface area contributed by atoms with E-state index in [0.29, 0.717) is 30.3 Å². The molecule has 49 heavy (non-hydrogen) atoms. The fourth-order valence-electron chi connectivity index (χ4n) is 5.52. The largest absolute Gasteiger partial charge is 0.492 e. The number of benzene rings is 3. The summed E-state index contributed by atoms with van der Waals surface area (Å²) in [5.74, 6) is 0.808. The fraction of sp³-hybridized carbons (Fsp3) is 0.524. The van der Waals surface area contributed by atoms with E-state index >= 15 is 0 Å². The maximum atomic E-state index is 12.8. The highest BCUT2D eigenvalue weighted by molar-refractivity contribution is 9.10. The Kier molecular flexibility index (Phi) is 19.8. The molecule has 0 N–H and O–H groups in total. The minimum Gasteiger partial charge on any atom is -0.492 e. The summed E-state index contributed by atoms with van der Waals surface area (Å²) < 4.78 is 23.5. The third-order valence-corrected chi connectivity index (χ3v) is 9.21. The third kappa shape index (κ3) is 15.9. The molecule has 0 saturated carbocycles. The van der Waals surface area contributed by atoms with Crippen LogP contribution in [0.5, 0.6) is 17.2 Å². The van der Waals surface area contributed by atoms with Crippen LogP contribution in [0.3, 0.4) is 0 Å². The summed E-state index contributed by atoms with van der Waals surface area (Å²) in [6.07, 6.45) is 19.2. The monoisotopic (exact) mass is 736 g/mol. The second-order valence-electron chi connectivity index (χ2n) is 12.8. The molecule has 7 heteroatoms. The molecule has 0 aliphatic heterocycles. The highest BCUT2D eigenvalue weighted by Gasteiger charge is 2.16. The van der Waals surface area contributed by atoms with Gasteiger partial charge in [-0.15, -0.1) is 0 Å². The first-order chi connectivity index (χ1) is 23.9. The zero-order valence-electron chi connectivity index (χ0n) is 30.0. The zero-order chi connectivity index (χ0) is 35.1. The van der Waals surface area contributed by atoms with Gasteiger partial charge in [0, 0.05) is 6.61 Å². The highest BCUT2D eigenvalue weighted by atomic mass is 79.9. The van der Waals surface area contributed by atoms with Crippen LogP contribution in [0.1, 0.15) is 134 Å². The molecule has 0 aromatic heterocycles. The smallest absolute Gasteiger partial charge is 0.343 e. The van der Waals surface area contributed by atoms with Gasteiger partial charge in [-0.1, -0.05) is 128 Å². The van der Waals surface area contributed by atoms with Gasteiger partial charge in [0.05, 0.1) is 16.6 Å². The highest BCUT2D eigenvalue weighted by Crippen LogP contribution is 2.28. The van der Waals surface area contributed by atoms with Crippen LogP contribution in [0, 0.1) is 0 Å². The van der Waals surface area contributed by atoms with Gasteiger partial charge in [0.1, 0.15) is 17.2 Å². The number of carbonyl (C=O) groups is 2. The molecular weight excluding hydrogens is 680 g/mol. The summed E-state index contributed by atoms with van der Waals surface area (Å²) in [6, 6.07) is 19.9. The van der Waals surface area contributed by atoms with Gasteiger partial charge in [0.2, 0.25) is 0 Å². The van der Waals surface area contributed by atoms with Gasteiger partial charge in [-0.05, 0) is 89.3 Å². The van der Waals surface area contributed by atoms with E-state index in [2.05, 4.69) is 29.8 Å². The molecule has 3 aromatic carbocycles. The summed E-state index contributed by atoms with van der Waals surface area (Å²) in [7, 11) is 0. The van der Waals surface area contributed by atoms with Gasteiger partial charge in [0.25, 0.3) is 0 Å². The van der Waals surface area contributed by atoms with Crippen molar-refractivity contribution in [3.8, 4) is 28.4 Å². The predicted octanol–water partition coefficient (Wildman–Crippen LogP) is 12.3. The molecule has 0 bridgehead atoms. The quantitative estimate of drug-likeness (QED) is 0.0490. The molecule has 1 atom stereocenters. The average Bonchev–Trinajstić information content (AvgIpc) is 3.11. The minimum atomic E-state index is -0.614. The molecule has 0 amide bonds. The van der Waals surface area contributed by atoms with Crippen LogP contribution in [0.4, 0.5) is 0 Å². The summed E-state index contributed by atoms with van der Waals surface area (Å²) in [4.78, 5) is 25.3. The van der Waals surface area contributed by atoms with Crippen molar-refractivity contribution in [1.82, 2.24) is 0 Å². The van der Waals surface area contributed by atoms with Gasteiger partial charge in [0.15, 0.2) is 6.10 Å². The van der Waals surface area contributed by atoms with Crippen molar-refractivity contribution in [3.05, 3.63) is 76.8 Å². The van der Waals surface area contributed by atoms with Crippen molar-refractivity contribution >= 4 is 27.9 Å². The Morgan fingerprint density at radius 3 is 1.57 bits per heavy atom. The first-order valence-corrected chi connectivity index (χ1v) is 19.4. The van der Waals surface area contributed by atoms with Gasteiger partial charge in [-0.25, -0.2) is 9.59 Å². The minimum absolute atomic E-state index is 0.397. The topological polar surface area (TPSA) is 71.1 Å². The molecule has 0 heterocycles. The SMILES string of the molecule is CCCCCCCCCCOc1ccc(C(=O)Oc2ccc(-c3ccc(OC(=O)[C@H](C)OCCCCCCCCCC)cc3)cc2)cc1Br. The Labute approximate surface area is 303 Å². The number of carbonyl (C=O) groups excluding carboxylic acids is 2. The van der Waals surface area contributed by atoms with E-state index in [0.717, 1.165) is 40.6 Å². The van der Waals surface area contributed by atoms with Crippen LogP contribution >= 0.6 is 15.9 Å². The number of halogens is 1. The summed E-state index contributed by atoms with van der Waals surface area (Å²) >= 11 is 3.54. The van der Waals surface area contributed by atoms with E-state index in [9.17, 15) is 9.59 Å². The van der Waals surface area contributed by atoms with E-state index in [1.807, 2.05) is 24.3 Å². The lowest BCUT2D eigenvalue weighted by molar-refractivity contribution is -0.146. The van der Waals surface area contributed by atoms with E-state index in [1.165, 1.54) is 83.5 Å². The Balaban J connectivity index is 1.37. The van der Waals surface area contributed by atoms with Crippen molar-refractivity contribution in [2.45, 2.75) is 130 Å². The van der Waals surface area contributed by atoms with E-state index < -0.39 is 18.0 Å². The van der Waals surface area contributed by atoms with Gasteiger partial charge >= 0.3 is 11.9 Å². The number of unbranched alkanes of at least 4 members (excludes halogenated alkanes) is 14. The maximum Gasteiger partial charge on any atom is 0.343 e. The number of hydrogen-bond acceptors (Lipinski definition) is 6. The molecule has 0 fully saturated rings. The maximum absolute atomic E-state index is 12.8. The van der Waals surface area contributed by atoms with Crippen LogP contribution in [0.25, 0.3) is 11.1 Å². The molecule has 0 radical (unpaired) electrons. The van der Waals surface area contributed by atoms with Crippen molar-refractivity contribution in [1.29, 1.82) is 0 Å². The second-order valence-corrected chi connectivity index (χ2v) is 13.7. The van der Waals surface area contributed by atoms with Crippen LogP contribution in [0.15, 0.2) is 71.2 Å². The van der Waals surface area contributed by atoms with Gasteiger partial charge in [-0.2, -0.15) is 0 Å². The lowest BCUT2D eigenvalue weighted by Crippen LogP contribution is -2.26. The van der Waals surface area contributed by atoms with Gasteiger partial charge in [-0.3, -0.25) is 0 Å². The molecule has 0 aliphatic carbocycles. The molecule has 6 nitrogen and oxygen atoms in total. The van der Waals surface area contributed by atoms with E-state index in [-0.39, 0.29) is 0 Å². The number of ether oxygens (including phenoxy) is 4. The molecule has 3 rings (SSSR count). The Morgan fingerprint density at radius 2 is 1.06 bits per heavy atom. The average molecular weight is 738 g/mol. The van der Waals surface area contributed by atoms with Gasteiger partial charge < -0.3 is 18.9 Å². The Bertz CT molecular complexity index is 1350. The fourth-order valence-corrected chi connectivity index (χ4v) is 6.02. The third-order valence-electron chi connectivity index (χ3n) is 8.59. The molecule has 0 spiro atoms. The van der Waals surface area contributed by atoms with Crippen LogP contribution in [-0.4, -0.2) is 31.3 Å². The molecule has 0 unspecified atom stereocenters. The summed E-state index contributed by atoms with van der Waals surface area (Å²) in [5.41, 5.74) is 2.33. The lowest BCUT2D eigenvalue weighted by Gasteiger charge is -2.13. The molecule has 0 saturated heterocycles. The Hall–Kier alpha value is -3.16. The molecule has 0 aliphatic rings. The standard InChI is InChI=1S/C42H57BrO6/c1-4-6-8-10-12-14-16-18-30-46-33(3)41(44)48-37-25-20-34(21-26-37)35-22-27-38(28-23-35)49-42(45)36-24-29-40(39(43)32-36)47-31-19-17-15-13-11-9-7-5-2/h20-29,32-33H,4-19,30-31H2,1-3H3/t33-/m0/s1. The first kappa shape index (κ1) is 40.3. The molecular formula is C42H57BrO6. The van der Waals surface area contributed by atoms with Crippen molar-refractivity contribution < 1.29 is 28.5 Å². The lowest BCUT2D eigenvalue weighted by atomic mass is 10.1. The number of esters is 2. The van der Waals surface area contributed by atoms with E-state index in [4.69, 9.17) is 18.9 Å². The number of rotatable bonds is 25. The van der Waals surface area contributed by atoms with Crippen molar-refractivity contribution in [3.63, 3.8) is 0 Å². The van der Waals surface area contributed by atoms with Crippen LogP contribution in [0.2, 0.25) is 0 Å². The van der Waals surface area contributed by atoms with Crippen molar-refractivity contribution in [2.24, 2.45) is 0 Å². The second kappa shape index (κ2) is 24.1. The predicted molar refractivity (Wildman–Crippen MR) is 203 cm³/mol. The first-order valence-electron chi connectivity index (χ1n) is 18.6. The van der Waals surface area contributed by atoms with E-state index in [1.54, 1.807) is 49.4 Å². The van der Waals surface area contributed by atoms with Crippen molar-refractivity contribution in [2.75, 3.05) is 13.2 Å². The van der Waals surface area contributed by atoms with Crippen LogP contribution in [-0.2, 0) is 9.53 Å². The summed E-state index contributed by atoms with van der Waals surface area (Å²) in [6.45, 7) is 7.43. The Morgan fingerprint density at radius 1 is 0.592 bits per heavy atom. The summed E-state index contributed by atoms with van der Waals surface area (Å²) in [5, 5.41) is 0. The zero-order valence-corrected chi connectivity index (χ0v) is 31.6. The molecule has 268 valence electrons. The normalized spacial score (nSPS) is 11.7.